The minimum absolute atomic E-state index is 0.180. The zero-order valence-corrected chi connectivity index (χ0v) is 24.1. The molecular formula is C26H55N2O7+. The number of hydrogen-bond acceptors (Lipinski definition) is 8. The molecule has 0 aliphatic carbocycles. The second-order valence-electron chi connectivity index (χ2n) is 13.3. The van der Waals surface area contributed by atoms with Crippen molar-refractivity contribution in [3.05, 3.63) is 0 Å². The molecule has 9 heteroatoms. The summed E-state index contributed by atoms with van der Waals surface area (Å²) in [4.78, 5) is 1.19. The third-order valence-corrected chi connectivity index (χ3v) is 6.24. The Hall–Kier alpha value is -0.360. The van der Waals surface area contributed by atoms with E-state index in [0.717, 1.165) is 0 Å². The number of likely N-dealkylation sites (N-methyl/N-ethyl adjacent to an activating group) is 1. The molecule has 1 fully saturated rings. The molecule has 9 nitrogen and oxygen atoms in total. The van der Waals surface area contributed by atoms with Gasteiger partial charge in [0.1, 0.15) is 18.8 Å². The summed E-state index contributed by atoms with van der Waals surface area (Å²) < 4.78 is 24.3. The average molecular weight is 508 g/mol. The predicted octanol–water partition coefficient (Wildman–Crippen LogP) is 0.478. The molecule has 0 aromatic carbocycles. The van der Waals surface area contributed by atoms with Crippen molar-refractivity contribution >= 4 is 0 Å². The molecule has 0 spiro atoms. The van der Waals surface area contributed by atoms with Gasteiger partial charge in [0.15, 0.2) is 6.29 Å². The maximum atomic E-state index is 10.9. The molecule has 0 amide bonds. The maximum absolute atomic E-state index is 10.9. The smallest absolute Gasteiger partial charge is 0.187 e. The Morgan fingerprint density at radius 2 is 1.49 bits per heavy atom. The Labute approximate surface area is 213 Å². The fourth-order valence-corrected chi connectivity index (χ4v) is 4.56. The number of aliphatic hydroxyl groups excluding tert-OH is 3. The third-order valence-electron chi connectivity index (χ3n) is 6.24. The fourth-order valence-electron chi connectivity index (χ4n) is 4.56. The van der Waals surface area contributed by atoms with Crippen molar-refractivity contribution in [3.8, 4) is 0 Å². The molecule has 1 rings (SSSR count). The summed E-state index contributed by atoms with van der Waals surface area (Å²) in [5.41, 5.74) is 4.01. The topological polar surface area (TPSA) is 128 Å². The van der Waals surface area contributed by atoms with E-state index in [4.69, 9.17) is 24.7 Å². The minimum Gasteiger partial charge on any atom is -0.390 e. The Bertz CT molecular complexity index is 626. The Morgan fingerprint density at radius 1 is 0.914 bits per heavy atom. The first-order chi connectivity index (χ1) is 15.6. The summed E-state index contributed by atoms with van der Waals surface area (Å²) in [5, 5.41) is 31.8. The van der Waals surface area contributed by atoms with E-state index >= 15 is 0 Å². The van der Waals surface area contributed by atoms with Crippen LogP contribution >= 0.6 is 0 Å². The highest BCUT2D eigenvalue weighted by Gasteiger charge is 2.51. The van der Waals surface area contributed by atoms with E-state index in [1.165, 1.54) is 4.90 Å². The molecule has 1 saturated heterocycles. The van der Waals surface area contributed by atoms with Crippen LogP contribution < -0.4 is 10.6 Å². The lowest BCUT2D eigenvalue weighted by Crippen LogP contribution is -3.07. The van der Waals surface area contributed by atoms with Crippen LogP contribution in [-0.4, -0.2) is 102 Å². The monoisotopic (exact) mass is 507 g/mol. The second kappa shape index (κ2) is 12.5. The van der Waals surface area contributed by atoms with E-state index < -0.39 is 59.0 Å². The molecule has 0 saturated carbocycles. The van der Waals surface area contributed by atoms with Gasteiger partial charge in [-0.3, -0.25) is 0 Å². The molecule has 1 aliphatic heterocycles. The molecule has 35 heavy (non-hydrogen) atoms. The van der Waals surface area contributed by atoms with Gasteiger partial charge in [-0.05, 0) is 68.7 Å². The SMILES string of the molecule is C[NH+](C)CC(O)CC(C)(C)OCCC(C)(C)OCC1O[C@@H](OC(C)(C)C)[C@H](O)[C@@H](O)C1C(C)(C)N. The van der Waals surface area contributed by atoms with Gasteiger partial charge in [-0.25, -0.2) is 0 Å². The third kappa shape index (κ3) is 11.7. The molecule has 0 aromatic heterocycles. The van der Waals surface area contributed by atoms with Crippen LogP contribution in [0.4, 0.5) is 0 Å². The van der Waals surface area contributed by atoms with Crippen LogP contribution in [0, 0.1) is 5.92 Å². The average Bonchev–Trinajstić information content (AvgIpc) is 2.60. The zero-order valence-electron chi connectivity index (χ0n) is 24.1. The highest BCUT2D eigenvalue weighted by molar-refractivity contribution is 4.99. The van der Waals surface area contributed by atoms with Crippen LogP contribution in [0.15, 0.2) is 0 Å². The van der Waals surface area contributed by atoms with Gasteiger partial charge in [-0.1, -0.05) is 0 Å². The molecular weight excluding hydrogens is 452 g/mol. The molecule has 0 bridgehead atoms. The van der Waals surface area contributed by atoms with E-state index in [0.29, 0.717) is 26.0 Å². The number of nitrogens with one attached hydrogen (secondary N) is 1. The number of aliphatic hydroxyl groups is 3. The molecule has 3 unspecified atom stereocenters. The highest BCUT2D eigenvalue weighted by Crippen LogP contribution is 2.35. The summed E-state index contributed by atoms with van der Waals surface area (Å²) in [6.07, 6.45) is -3.14. The quantitative estimate of drug-likeness (QED) is 0.244. The summed E-state index contributed by atoms with van der Waals surface area (Å²) in [7, 11) is 4.03. The standard InChI is InChI=1S/C26H54N2O7/c1-23(2,3)35-22-21(31)20(30)19(26(8,9)27)18(34-22)16-33-24(4,5)12-13-32-25(6,7)14-17(29)15-28(10)11/h17-22,29-31H,12-16,27H2,1-11H3/p+1/t17?,18?,19?,20-,21+,22-/m0/s1. The van der Waals surface area contributed by atoms with Crippen LogP contribution in [0.1, 0.15) is 75.2 Å². The highest BCUT2D eigenvalue weighted by atomic mass is 16.7. The Morgan fingerprint density at radius 3 is 1.97 bits per heavy atom. The lowest BCUT2D eigenvalue weighted by atomic mass is 9.76. The Kier molecular flexibility index (Phi) is 11.6. The van der Waals surface area contributed by atoms with Gasteiger partial charge in [-0.2, -0.15) is 0 Å². The lowest BCUT2D eigenvalue weighted by molar-refractivity contribution is -0.862. The minimum atomic E-state index is -1.22. The van der Waals surface area contributed by atoms with Crippen molar-refractivity contribution in [2.75, 3.05) is 33.9 Å². The van der Waals surface area contributed by atoms with Crippen LogP contribution in [0.3, 0.4) is 0 Å². The van der Waals surface area contributed by atoms with Gasteiger partial charge < -0.3 is 44.9 Å². The largest absolute Gasteiger partial charge is 0.390 e. The number of ether oxygens (including phenoxy) is 4. The lowest BCUT2D eigenvalue weighted by Gasteiger charge is -2.49. The molecule has 0 radical (unpaired) electrons. The van der Waals surface area contributed by atoms with Crippen molar-refractivity contribution in [3.63, 3.8) is 0 Å². The van der Waals surface area contributed by atoms with Crippen molar-refractivity contribution in [1.82, 2.24) is 0 Å². The van der Waals surface area contributed by atoms with Crippen LogP contribution in [0.5, 0.6) is 0 Å². The van der Waals surface area contributed by atoms with Crippen LogP contribution in [-0.2, 0) is 18.9 Å². The number of quaternary nitrogens is 1. The van der Waals surface area contributed by atoms with Crippen molar-refractivity contribution in [2.45, 2.75) is 128 Å². The summed E-state index contributed by atoms with van der Waals surface area (Å²) >= 11 is 0. The summed E-state index contributed by atoms with van der Waals surface area (Å²) in [6.45, 7) is 18.5. The van der Waals surface area contributed by atoms with Crippen LogP contribution in [0.25, 0.3) is 0 Å². The van der Waals surface area contributed by atoms with Gasteiger partial charge in [0, 0.05) is 17.9 Å². The van der Waals surface area contributed by atoms with E-state index in [1.54, 1.807) is 0 Å². The first kappa shape index (κ1) is 32.7. The van der Waals surface area contributed by atoms with E-state index in [1.807, 2.05) is 76.4 Å². The van der Waals surface area contributed by atoms with Gasteiger partial charge in [-0.15, -0.1) is 0 Å². The number of nitrogens with two attached hydrogens (primary N) is 1. The molecule has 6 atom stereocenters. The first-order valence-corrected chi connectivity index (χ1v) is 12.9. The molecule has 1 aliphatic rings. The van der Waals surface area contributed by atoms with Gasteiger partial charge in [0.05, 0.1) is 56.3 Å². The number of rotatable bonds is 13. The van der Waals surface area contributed by atoms with Gasteiger partial charge in [0.2, 0.25) is 0 Å². The van der Waals surface area contributed by atoms with E-state index in [-0.39, 0.29) is 6.61 Å². The Balaban J connectivity index is 2.76. The summed E-state index contributed by atoms with van der Waals surface area (Å²) in [5.74, 6) is -0.552. The van der Waals surface area contributed by atoms with Gasteiger partial charge >= 0.3 is 0 Å². The maximum Gasteiger partial charge on any atom is 0.187 e. The van der Waals surface area contributed by atoms with E-state index in [9.17, 15) is 15.3 Å². The molecule has 6 N–H and O–H groups in total. The van der Waals surface area contributed by atoms with Crippen molar-refractivity contribution in [2.24, 2.45) is 11.7 Å². The zero-order chi connectivity index (χ0) is 27.4. The molecule has 0 aromatic rings. The molecule has 210 valence electrons. The van der Waals surface area contributed by atoms with Crippen molar-refractivity contribution < 1.29 is 39.2 Å². The normalized spacial score (nSPS) is 27.9. The first-order valence-electron chi connectivity index (χ1n) is 12.9. The van der Waals surface area contributed by atoms with E-state index in [2.05, 4.69) is 0 Å². The number of hydrogen-bond donors (Lipinski definition) is 5. The second-order valence-corrected chi connectivity index (χ2v) is 13.3. The van der Waals surface area contributed by atoms with Crippen molar-refractivity contribution in [1.29, 1.82) is 0 Å². The molecule has 1 heterocycles. The van der Waals surface area contributed by atoms with Gasteiger partial charge in [0.25, 0.3) is 0 Å². The van der Waals surface area contributed by atoms with Crippen LogP contribution in [0.2, 0.25) is 0 Å². The predicted molar refractivity (Wildman–Crippen MR) is 136 cm³/mol. The summed E-state index contributed by atoms with van der Waals surface area (Å²) in [6, 6.07) is 0. The fraction of sp³-hybridized carbons (Fsp3) is 1.00.